The number of amides is 1. The molecule has 29 heavy (non-hydrogen) atoms. The Morgan fingerprint density at radius 2 is 2.03 bits per heavy atom. The minimum Gasteiger partial charge on any atom is -0.489 e. The molecule has 1 aromatic heterocycles. The monoisotopic (exact) mass is 420 g/mol. The first-order chi connectivity index (χ1) is 13.7. The SMILES string of the molecule is CCC(=O)Nc1ccc(S(=O)(=O)N2CCC(Oc3cc(C)oc(=O)c3)C2)c(C)c1. The summed E-state index contributed by atoms with van der Waals surface area (Å²) in [6, 6.07) is 7.60. The Hall–Kier alpha value is -2.65. The third kappa shape index (κ3) is 4.86. The van der Waals surface area contributed by atoms with Crippen molar-refractivity contribution >= 4 is 21.6 Å². The molecule has 1 aromatic carbocycles. The predicted octanol–water partition coefficient (Wildman–Crippen LogP) is 2.45. The molecule has 2 aromatic rings. The number of aryl methyl sites for hydroxylation is 2. The van der Waals surface area contributed by atoms with E-state index in [1.807, 2.05) is 0 Å². The van der Waals surface area contributed by atoms with Crippen molar-refractivity contribution in [3.05, 3.63) is 52.1 Å². The molecule has 1 fully saturated rings. The van der Waals surface area contributed by atoms with E-state index in [2.05, 4.69) is 5.32 Å². The van der Waals surface area contributed by atoms with E-state index < -0.39 is 15.6 Å². The number of carbonyl (C=O) groups is 1. The van der Waals surface area contributed by atoms with E-state index in [4.69, 9.17) is 9.15 Å². The van der Waals surface area contributed by atoms with Crippen LogP contribution in [0.2, 0.25) is 0 Å². The lowest BCUT2D eigenvalue weighted by molar-refractivity contribution is -0.115. The predicted molar refractivity (Wildman–Crippen MR) is 108 cm³/mol. The average molecular weight is 420 g/mol. The number of nitrogens with one attached hydrogen (secondary N) is 1. The van der Waals surface area contributed by atoms with Gasteiger partial charge in [0.05, 0.1) is 17.5 Å². The highest BCUT2D eigenvalue weighted by molar-refractivity contribution is 7.89. The Kier molecular flexibility index (Phi) is 6.09. The van der Waals surface area contributed by atoms with Crippen molar-refractivity contribution in [2.75, 3.05) is 18.4 Å². The second-order valence-electron chi connectivity index (χ2n) is 7.00. The quantitative estimate of drug-likeness (QED) is 0.769. The molecular formula is C20H24N2O6S. The van der Waals surface area contributed by atoms with Crippen molar-refractivity contribution in [3.8, 4) is 5.75 Å². The molecule has 1 aliphatic heterocycles. The molecule has 0 spiro atoms. The second kappa shape index (κ2) is 8.38. The second-order valence-corrected chi connectivity index (χ2v) is 8.90. The first-order valence-electron chi connectivity index (χ1n) is 9.38. The molecule has 1 atom stereocenters. The maximum Gasteiger partial charge on any atom is 0.339 e. The average Bonchev–Trinajstić information content (AvgIpc) is 3.10. The summed E-state index contributed by atoms with van der Waals surface area (Å²) in [5.74, 6) is 0.667. The van der Waals surface area contributed by atoms with E-state index in [1.165, 1.54) is 16.4 Å². The van der Waals surface area contributed by atoms with Gasteiger partial charge >= 0.3 is 5.63 Å². The number of ether oxygens (including phenoxy) is 1. The number of rotatable bonds is 6. The third-order valence-electron chi connectivity index (χ3n) is 4.68. The fourth-order valence-corrected chi connectivity index (χ4v) is 4.95. The van der Waals surface area contributed by atoms with Crippen LogP contribution in [0.1, 0.15) is 31.1 Å². The Bertz CT molecular complexity index is 1080. The highest BCUT2D eigenvalue weighted by atomic mass is 32.2. The van der Waals surface area contributed by atoms with Gasteiger partial charge < -0.3 is 14.5 Å². The molecule has 156 valence electrons. The topological polar surface area (TPSA) is 106 Å². The molecule has 8 nitrogen and oxygen atoms in total. The van der Waals surface area contributed by atoms with E-state index in [0.29, 0.717) is 42.1 Å². The van der Waals surface area contributed by atoms with Crippen molar-refractivity contribution < 1.29 is 22.4 Å². The van der Waals surface area contributed by atoms with Gasteiger partial charge in [-0.3, -0.25) is 4.79 Å². The molecule has 1 aliphatic rings. The van der Waals surface area contributed by atoms with Crippen LogP contribution in [0.4, 0.5) is 5.69 Å². The van der Waals surface area contributed by atoms with Gasteiger partial charge in [-0.05, 0) is 44.0 Å². The summed E-state index contributed by atoms with van der Waals surface area (Å²) in [5.41, 5.74) is 0.613. The standard InChI is InChI=1S/C20H24N2O6S/c1-4-19(23)21-15-5-6-18(13(2)9-15)29(25,26)22-8-7-16(12-22)28-17-10-14(3)27-20(24)11-17/h5-6,9-11,16H,4,7-8,12H2,1-3H3,(H,21,23). The van der Waals surface area contributed by atoms with E-state index in [1.54, 1.807) is 39.0 Å². The van der Waals surface area contributed by atoms with Gasteiger partial charge in [0.15, 0.2) is 0 Å². The zero-order chi connectivity index (χ0) is 21.2. The Balaban J connectivity index is 1.73. The lowest BCUT2D eigenvalue weighted by Gasteiger charge is -2.19. The zero-order valence-electron chi connectivity index (χ0n) is 16.6. The third-order valence-corrected chi connectivity index (χ3v) is 6.70. The van der Waals surface area contributed by atoms with Crippen LogP contribution in [-0.2, 0) is 14.8 Å². The smallest absolute Gasteiger partial charge is 0.339 e. The zero-order valence-corrected chi connectivity index (χ0v) is 17.4. The number of sulfonamides is 1. The minimum atomic E-state index is -3.70. The minimum absolute atomic E-state index is 0.135. The van der Waals surface area contributed by atoms with Crippen molar-refractivity contribution in [1.82, 2.24) is 4.31 Å². The largest absolute Gasteiger partial charge is 0.489 e. The molecule has 0 aliphatic carbocycles. The summed E-state index contributed by atoms with van der Waals surface area (Å²) in [5, 5.41) is 2.72. The molecule has 0 saturated carbocycles. The normalized spacial score (nSPS) is 17.3. The van der Waals surface area contributed by atoms with Crippen molar-refractivity contribution in [3.63, 3.8) is 0 Å². The van der Waals surface area contributed by atoms with Crippen LogP contribution in [0.25, 0.3) is 0 Å². The van der Waals surface area contributed by atoms with Crippen molar-refractivity contribution in [2.24, 2.45) is 0 Å². The van der Waals surface area contributed by atoms with Gasteiger partial charge in [-0.2, -0.15) is 4.31 Å². The summed E-state index contributed by atoms with van der Waals surface area (Å²) in [6.45, 7) is 5.60. The molecule has 3 rings (SSSR count). The number of nitrogens with zero attached hydrogens (tertiary/aromatic N) is 1. The molecule has 1 saturated heterocycles. The van der Waals surface area contributed by atoms with Crippen LogP contribution < -0.4 is 15.7 Å². The van der Waals surface area contributed by atoms with Crippen LogP contribution in [0.15, 0.2) is 44.4 Å². The van der Waals surface area contributed by atoms with Gasteiger partial charge in [0, 0.05) is 24.7 Å². The van der Waals surface area contributed by atoms with Crippen LogP contribution in [-0.4, -0.2) is 37.8 Å². The summed E-state index contributed by atoms with van der Waals surface area (Å²) in [7, 11) is -3.70. The lowest BCUT2D eigenvalue weighted by Crippen LogP contribution is -2.31. The van der Waals surface area contributed by atoms with E-state index in [0.717, 1.165) is 0 Å². The first kappa shape index (κ1) is 21.1. The molecular weight excluding hydrogens is 396 g/mol. The number of anilines is 1. The highest BCUT2D eigenvalue weighted by Crippen LogP contribution is 2.27. The van der Waals surface area contributed by atoms with E-state index in [-0.39, 0.29) is 23.5 Å². The van der Waals surface area contributed by atoms with Gasteiger partial charge in [0.1, 0.15) is 17.6 Å². The van der Waals surface area contributed by atoms with Crippen molar-refractivity contribution in [1.29, 1.82) is 0 Å². The van der Waals surface area contributed by atoms with Gasteiger partial charge in [-0.15, -0.1) is 0 Å². The number of carbonyl (C=O) groups excluding carboxylic acids is 1. The summed E-state index contributed by atoms with van der Waals surface area (Å²) >= 11 is 0. The number of benzene rings is 1. The molecule has 9 heteroatoms. The molecule has 0 bridgehead atoms. The van der Waals surface area contributed by atoms with Crippen LogP contribution in [0, 0.1) is 13.8 Å². The number of hydrogen-bond donors (Lipinski definition) is 1. The summed E-state index contributed by atoms with van der Waals surface area (Å²) in [6.07, 6.45) is 0.508. The van der Waals surface area contributed by atoms with Gasteiger partial charge in [-0.1, -0.05) is 6.92 Å². The molecule has 1 unspecified atom stereocenters. The lowest BCUT2D eigenvalue weighted by atomic mass is 10.2. The summed E-state index contributed by atoms with van der Waals surface area (Å²) in [4.78, 5) is 23.2. The van der Waals surface area contributed by atoms with Gasteiger partial charge in [-0.25, -0.2) is 13.2 Å². The highest BCUT2D eigenvalue weighted by Gasteiger charge is 2.34. The van der Waals surface area contributed by atoms with Gasteiger partial charge in [0.2, 0.25) is 15.9 Å². The molecule has 1 amide bonds. The van der Waals surface area contributed by atoms with Crippen LogP contribution in [0.5, 0.6) is 5.75 Å². The number of hydrogen-bond acceptors (Lipinski definition) is 6. The molecule has 1 N–H and O–H groups in total. The van der Waals surface area contributed by atoms with Crippen LogP contribution in [0.3, 0.4) is 0 Å². The maximum atomic E-state index is 13.1. The van der Waals surface area contributed by atoms with Crippen LogP contribution >= 0.6 is 0 Å². The Morgan fingerprint density at radius 3 is 2.69 bits per heavy atom. The first-order valence-corrected chi connectivity index (χ1v) is 10.8. The Labute approximate surface area is 169 Å². The summed E-state index contributed by atoms with van der Waals surface area (Å²) < 4.78 is 38.2. The van der Waals surface area contributed by atoms with Crippen molar-refractivity contribution in [2.45, 2.75) is 44.6 Å². The molecule has 2 heterocycles. The fraction of sp³-hybridized carbons (Fsp3) is 0.400. The van der Waals surface area contributed by atoms with E-state index in [9.17, 15) is 18.0 Å². The fourth-order valence-electron chi connectivity index (χ4n) is 3.25. The molecule has 0 radical (unpaired) electrons. The Morgan fingerprint density at radius 1 is 1.28 bits per heavy atom. The maximum absolute atomic E-state index is 13.1. The van der Waals surface area contributed by atoms with Gasteiger partial charge in [0.25, 0.3) is 0 Å². The van der Waals surface area contributed by atoms with E-state index >= 15 is 0 Å².